The Morgan fingerprint density at radius 2 is 2.15 bits per heavy atom. The highest BCUT2D eigenvalue weighted by Gasteiger charge is 2.41. The second-order valence-electron chi connectivity index (χ2n) is 3.82. The van der Waals surface area contributed by atoms with E-state index in [1.54, 1.807) is 0 Å². The first-order chi connectivity index (χ1) is 6.18. The molecule has 0 aromatic heterocycles. The number of carbonyl (C=O) groups is 1. The zero-order valence-electron chi connectivity index (χ0n) is 7.90. The maximum absolute atomic E-state index is 11.3. The molecule has 0 aromatic carbocycles. The van der Waals surface area contributed by atoms with Gasteiger partial charge in [-0.1, -0.05) is 19.1 Å². The van der Waals surface area contributed by atoms with Crippen LogP contribution in [0.3, 0.4) is 0 Å². The Kier molecular flexibility index (Phi) is 2.12. The van der Waals surface area contributed by atoms with Gasteiger partial charge in [0.25, 0.3) is 0 Å². The highest BCUT2D eigenvalue weighted by molar-refractivity contribution is 5.75. The van der Waals surface area contributed by atoms with Crippen LogP contribution < -0.4 is 0 Å². The first-order valence-corrected chi connectivity index (χ1v) is 4.69. The molecule has 0 bridgehead atoms. The Hall–Kier alpha value is -0.830. The van der Waals surface area contributed by atoms with E-state index in [-0.39, 0.29) is 30.0 Å². The summed E-state index contributed by atoms with van der Waals surface area (Å²) in [5, 5.41) is 0. The van der Waals surface area contributed by atoms with Crippen LogP contribution in [-0.4, -0.2) is 24.8 Å². The molecule has 2 rings (SSSR count). The summed E-state index contributed by atoms with van der Waals surface area (Å²) in [6.45, 7) is 4.53. The SMILES string of the molecule is CC1C=CC(C2C(=O)OCC2C)O1. The van der Waals surface area contributed by atoms with Crippen LogP contribution in [0, 0.1) is 11.8 Å². The molecule has 2 aliphatic heterocycles. The van der Waals surface area contributed by atoms with Gasteiger partial charge in [-0.2, -0.15) is 0 Å². The first kappa shape index (κ1) is 8.75. The van der Waals surface area contributed by atoms with Gasteiger partial charge in [0.1, 0.15) is 0 Å². The molecular formula is C10H14O3. The average Bonchev–Trinajstić information content (AvgIpc) is 2.60. The number of hydrogen-bond acceptors (Lipinski definition) is 3. The molecule has 0 radical (unpaired) electrons. The molecule has 3 nitrogen and oxygen atoms in total. The van der Waals surface area contributed by atoms with Gasteiger partial charge in [0.05, 0.1) is 24.7 Å². The van der Waals surface area contributed by atoms with Crippen LogP contribution in [0.25, 0.3) is 0 Å². The van der Waals surface area contributed by atoms with Crippen LogP contribution in [-0.2, 0) is 14.3 Å². The van der Waals surface area contributed by atoms with Crippen molar-refractivity contribution in [2.45, 2.75) is 26.1 Å². The third-order valence-corrected chi connectivity index (χ3v) is 2.67. The van der Waals surface area contributed by atoms with E-state index in [0.29, 0.717) is 6.61 Å². The number of ether oxygens (including phenoxy) is 2. The third kappa shape index (κ3) is 1.48. The van der Waals surface area contributed by atoms with Crippen molar-refractivity contribution in [1.82, 2.24) is 0 Å². The fourth-order valence-electron chi connectivity index (χ4n) is 1.91. The molecule has 0 amide bonds. The Balaban J connectivity index is 2.08. The van der Waals surface area contributed by atoms with E-state index in [9.17, 15) is 4.79 Å². The first-order valence-electron chi connectivity index (χ1n) is 4.69. The van der Waals surface area contributed by atoms with Gasteiger partial charge in [0, 0.05) is 5.92 Å². The lowest BCUT2D eigenvalue weighted by Gasteiger charge is -2.18. The molecule has 1 fully saturated rings. The van der Waals surface area contributed by atoms with Crippen LogP contribution >= 0.6 is 0 Å². The van der Waals surface area contributed by atoms with E-state index >= 15 is 0 Å². The molecule has 0 N–H and O–H groups in total. The van der Waals surface area contributed by atoms with E-state index in [2.05, 4.69) is 0 Å². The number of carbonyl (C=O) groups excluding carboxylic acids is 1. The van der Waals surface area contributed by atoms with Crippen molar-refractivity contribution in [3.63, 3.8) is 0 Å². The summed E-state index contributed by atoms with van der Waals surface area (Å²) < 4.78 is 10.5. The van der Waals surface area contributed by atoms with Crippen molar-refractivity contribution in [3.8, 4) is 0 Å². The van der Waals surface area contributed by atoms with Gasteiger partial charge in [-0.25, -0.2) is 0 Å². The minimum Gasteiger partial charge on any atom is -0.465 e. The molecule has 3 heteroatoms. The van der Waals surface area contributed by atoms with Crippen molar-refractivity contribution >= 4 is 5.97 Å². The van der Waals surface area contributed by atoms with Crippen LogP contribution in [0.15, 0.2) is 12.2 Å². The van der Waals surface area contributed by atoms with Crippen molar-refractivity contribution in [2.24, 2.45) is 11.8 Å². The van der Waals surface area contributed by atoms with Crippen molar-refractivity contribution < 1.29 is 14.3 Å². The van der Waals surface area contributed by atoms with Gasteiger partial charge < -0.3 is 9.47 Å². The monoisotopic (exact) mass is 182 g/mol. The highest BCUT2D eigenvalue weighted by Crippen LogP contribution is 2.30. The Bertz CT molecular complexity index is 247. The van der Waals surface area contributed by atoms with E-state index in [4.69, 9.17) is 9.47 Å². The molecule has 0 spiro atoms. The zero-order valence-corrected chi connectivity index (χ0v) is 7.90. The number of esters is 1. The molecule has 0 aliphatic carbocycles. The molecule has 4 atom stereocenters. The Morgan fingerprint density at radius 1 is 1.38 bits per heavy atom. The van der Waals surface area contributed by atoms with Crippen LogP contribution in [0.4, 0.5) is 0 Å². The van der Waals surface area contributed by atoms with Gasteiger partial charge in [0.15, 0.2) is 0 Å². The predicted molar refractivity (Wildman–Crippen MR) is 47.1 cm³/mol. The summed E-state index contributed by atoms with van der Waals surface area (Å²) >= 11 is 0. The van der Waals surface area contributed by atoms with Crippen molar-refractivity contribution in [1.29, 1.82) is 0 Å². The minimum absolute atomic E-state index is 0.0694. The lowest BCUT2D eigenvalue weighted by molar-refractivity contribution is -0.144. The summed E-state index contributed by atoms with van der Waals surface area (Å²) in [4.78, 5) is 11.3. The standard InChI is InChI=1S/C10H14O3/c1-6-5-12-10(11)9(6)8-4-3-7(2)13-8/h3-4,6-9H,5H2,1-2H3. The molecule has 0 aromatic rings. The molecule has 2 aliphatic rings. The van der Waals surface area contributed by atoms with Crippen LogP contribution in [0.1, 0.15) is 13.8 Å². The maximum Gasteiger partial charge on any atom is 0.312 e. The summed E-state index contributed by atoms with van der Waals surface area (Å²) in [5.74, 6) is 0.0601. The fourth-order valence-corrected chi connectivity index (χ4v) is 1.91. The van der Waals surface area contributed by atoms with E-state index in [1.807, 2.05) is 26.0 Å². The highest BCUT2D eigenvalue weighted by atomic mass is 16.5. The zero-order chi connectivity index (χ0) is 9.42. The van der Waals surface area contributed by atoms with Crippen molar-refractivity contribution in [2.75, 3.05) is 6.61 Å². The number of hydrogen-bond donors (Lipinski definition) is 0. The lowest BCUT2D eigenvalue weighted by Crippen LogP contribution is -2.28. The fraction of sp³-hybridized carbons (Fsp3) is 0.700. The molecule has 1 saturated heterocycles. The smallest absolute Gasteiger partial charge is 0.312 e. The second kappa shape index (κ2) is 3.14. The van der Waals surface area contributed by atoms with Crippen LogP contribution in [0.2, 0.25) is 0 Å². The molecule has 13 heavy (non-hydrogen) atoms. The summed E-state index contributed by atoms with van der Waals surface area (Å²) in [7, 11) is 0. The van der Waals surface area contributed by atoms with Crippen LogP contribution in [0.5, 0.6) is 0 Å². The third-order valence-electron chi connectivity index (χ3n) is 2.67. The summed E-state index contributed by atoms with van der Waals surface area (Å²) in [6, 6.07) is 0. The Labute approximate surface area is 77.7 Å². The average molecular weight is 182 g/mol. The molecular weight excluding hydrogens is 168 g/mol. The molecule has 2 heterocycles. The van der Waals surface area contributed by atoms with Gasteiger partial charge in [-0.05, 0) is 6.92 Å². The second-order valence-corrected chi connectivity index (χ2v) is 3.82. The van der Waals surface area contributed by atoms with E-state index in [0.717, 1.165) is 0 Å². The predicted octanol–water partition coefficient (Wildman–Crippen LogP) is 1.14. The Morgan fingerprint density at radius 3 is 2.62 bits per heavy atom. The van der Waals surface area contributed by atoms with Gasteiger partial charge in [-0.15, -0.1) is 0 Å². The summed E-state index contributed by atoms with van der Waals surface area (Å²) in [5.41, 5.74) is 0. The number of cyclic esters (lactones) is 1. The molecule has 0 saturated carbocycles. The van der Waals surface area contributed by atoms with Gasteiger partial charge >= 0.3 is 5.97 Å². The molecule has 4 unspecified atom stereocenters. The topological polar surface area (TPSA) is 35.5 Å². The van der Waals surface area contributed by atoms with E-state index < -0.39 is 0 Å². The van der Waals surface area contributed by atoms with E-state index in [1.165, 1.54) is 0 Å². The number of rotatable bonds is 1. The largest absolute Gasteiger partial charge is 0.465 e. The quantitative estimate of drug-likeness (QED) is 0.450. The van der Waals surface area contributed by atoms with Crippen molar-refractivity contribution in [3.05, 3.63) is 12.2 Å². The normalized spacial score (nSPS) is 44.0. The molecule has 72 valence electrons. The minimum atomic E-state index is -0.115. The lowest BCUT2D eigenvalue weighted by atomic mass is 9.92. The van der Waals surface area contributed by atoms with Gasteiger partial charge in [-0.3, -0.25) is 4.79 Å². The van der Waals surface area contributed by atoms with Gasteiger partial charge in [0.2, 0.25) is 0 Å². The summed E-state index contributed by atoms with van der Waals surface area (Å²) in [6.07, 6.45) is 4.02. The maximum atomic E-state index is 11.3.